The van der Waals surface area contributed by atoms with Crippen LogP contribution < -0.4 is 29.6 Å². The predicted molar refractivity (Wildman–Crippen MR) is 58.6 cm³/mol. The van der Waals surface area contributed by atoms with Gasteiger partial charge >= 0.3 is 35.5 Å². The summed E-state index contributed by atoms with van der Waals surface area (Å²) in [5.74, 6) is -0.987. The molecule has 92 valence electrons. The summed E-state index contributed by atoms with van der Waals surface area (Å²) in [4.78, 5) is 11.9. The first-order chi connectivity index (χ1) is 6.99. The van der Waals surface area contributed by atoms with Crippen LogP contribution in [0.4, 0.5) is 0 Å². The minimum Gasteiger partial charge on any atom is -1.00 e. The van der Waals surface area contributed by atoms with Gasteiger partial charge in [0.15, 0.2) is 0 Å². The predicted octanol–water partition coefficient (Wildman–Crippen LogP) is -3.31. The molecule has 0 aromatic heterocycles. The molecule has 0 saturated heterocycles. The van der Waals surface area contributed by atoms with E-state index < -0.39 is 18.2 Å². The number of carboxylic acids is 1. The Labute approximate surface area is 128 Å². The molecule has 0 heterocycles. The zero-order valence-corrected chi connectivity index (χ0v) is 12.7. The van der Waals surface area contributed by atoms with Crippen LogP contribution in [0.25, 0.3) is 0 Å². The van der Waals surface area contributed by atoms with Crippen molar-refractivity contribution in [2.24, 2.45) is 0 Å². The number of hydrogen-bond acceptors (Lipinski definition) is 4. The maximum atomic E-state index is 10.5. The van der Waals surface area contributed by atoms with E-state index in [0.717, 1.165) is 0 Å². The Hall–Kier alpha value is 0.930. The molecule has 8 heteroatoms. The van der Waals surface area contributed by atoms with Gasteiger partial charge in [0.05, 0.1) is 18.8 Å². The standard InChI is InChI=1S/C8H15Cl2NO4.Na.H/c9-1-6(12)3-11(5-8(14)15)4-7(13)2-10;;/h6-7,12-13H,1-5H2,(H,14,15);;/q;+1;-1. The second-order valence-electron chi connectivity index (χ2n) is 3.20. The monoisotopic (exact) mass is 283 g/mol. The molecule has 0 rings (SSSR count). The molecule has 5 nitrogen and oxygen atoms in total. The van der Waals surface area contributed by atoms with E-state index in [9.17, 15) is 15.0 Å². The smallest absolute Gasteiger partial charge is 1.00 e. The van der Waals surface area contributed by atoms with Crippen LogP contribution in [0.3, 0.4) is 0 Å². The molecule has 16 heavy (non-hydrogen) atoms. The fraction of sp³-hybridized carbons (Fsp3) is 0.875. The molecule has 0 amide bonds. The number of hydrogen-bond donors (Lipinski definition) is 3. The molecule has 0 aromatic carbocycles. The fourth-order valence-corrected chi connectivity index (χ4v) is 1.28. The van der Waals surface area contributed by atoms with Crippen molar-refractivity contribution < 1.29 is 51.1 Å². The van der Waals surface area contributed by atoms with Gasteiger partial charge in [-0.15, -0.1) is 23.2 Å². The summed E-state index contributed by atoms with van der Waals surface area (Å²) in [6.45, 7) is -0.0601. The van der Waals surface area contributed by atoms with Gasteiger partial charge in [-0.25, -0.2) is 0 Å². The van der Waals surface area contributed by atoms with E-state index in [-0.39, 0.29) is 62.4 Å². The van der Waals surface area contributed by atoms with Crippen LogP contribution in [0.2, 0.25) is 0 Å². The number of halogens is 2. The minimum absolute atomic E-state index is 0. The van der Waals surface area contributed by atoms with E-state index in [1.165, 1.54) is 4.90 Å². The van der Waals surface area contributed by atoms with Crippen molar-refractivity contribution in [3.63, 3.8) is 0 Å². The summed E-state index contributed by atoms with van der Waals surface area (Å²) < 4.78 is 0. The zero-order chi connectivity index (χ0) is 11.8. The summed E-state index contributed by atoms with van der Waals surface area (Å²) in [6, 6.07) is 0. The average molecular weight is 284 g/mol. The van der Waals surface area contributed by atoms with Crippen LogP contribution in [-0.4, -0.2) is 69.8 Å². The van der Waals surface area contributed by atoms with Crippen molar-refractivity contribution in [1.82, 2.24) is 4.90 Å². The average Bonchev–Trinajstić information content (AvgIpc) is 2.16. The van der Waals surface area contributed by atoms with E-state index >= 15 is 0 Å². The van der Waals surface area contributed by atoms with Gasteiger partial charge in [0.25, 0.3) is 0 Å². The maximum Gasteiger partial charge on any atom is 1.00 e. The van der Waals surface area contributed by atoms with Gasteiger partial charge in [0.2, 0.25) is 0 Å². The van der Waals surface area contributed by atoms with Crippen LogP contribution in [0.15, 0.2) is 0 Å². The van der Waals surface area contributed by atoms with E-state index in [1.807, 2.05) is 0 Å². The zero-order valence-electron chi connectivity index (χ0n) is 10.1. The van der Waals surface area contributed by atoms with Gasteiger partial charge in [-0.3, -0.25) is 9.69 Å². The van der Waals surface area contributed by atoms with Crippen LogP contribution in [0, 0.1) is 0 Å². The molecule has 2 atom stereocenters. The van der Waals surface area contributed by atoms with Gasteiger partial charge in [-0.1, -0.05) is 0 Å². The van der Waals surface area contributed by atoms with Gasteiger partial charge in [-0.2, -0.15) is 0 Å². The van der Waals surface area contributed by atoms with Crippen molar-refractivity contribution in [2.75, 3.05) is 31.4 Å². The molecule has 2 unspecified atom stereocenters. The van der Waals surface area contributed by atoms with Crippen LogP contribution >= 0.6 is 23.2 Å². The molecule has 0 saturated carbocycles. The Kier molecular flexibility index (Phi) is 13.3. The van der Waals surface area contributed by atoms with E-state index in [0.29, 0.717) is 0 Å². The van der Waals surface area contributed by atoms with E-state index in [1.54, 1.807) is 0 Å². The second kappa shape index (κ2) is 11.0. The van der Waals surface area contributed by atoms with Gasteiger partial charge < -0.3 is 16.7 Å². The third-order valence-electron chi connectivity index (χ3n) is 1.65. The first-order valence-corrected chi connectivity index (χ1v) is 5.48. The number of carboxylic acid groups (broad SMARTS) is 1. The minimum atomic E-state index is -1.03. The van der Waals surface area contributed by atoms with Gasteiger partial charge in [0.1, 0.15) is 0 Å². The molecule has 0 spiro atoms. The van der Waals surface area contributed by atoms with E-state index in [2.05, 4.69) is 0 Å². The molecule has 0 bridgehead atoms. The quantitative estimate of drug-likeness (QED) is 0.321. The molecular weight excluding hydrogens is 268 g/mol. The number of alkyl halides is 2. The first kappa shape index (κ1) is 19.3. The molecule has 0 fully saturated rings. The Balaban J connectivity index is -0.000000980. The summed E-state index contributed by atoms with van der Waals surface area (Å²) in [7, 11) is 0. The maximum absolute atomic E-state index is 10.5. The number of carbonyl (C=O) groups is 1. The van der Waals surface area contributed by atoms with Crippen molar-refractivity contribution in [3.8, 4) is 0 Å². The summed E-state index contributed by atoms with van der Waals surface area (Å²) >= 11 is 10.8. The number of aliphatic carboxylic acids is 1. The number of rotatable bonds is 8. The summed E-state index contributed by atoms with van der Waals surface area (Å²) in [5.41, 5.74) is 0. The van der Waals surface area contributed by atoms with Crippen molar-refractivity contribution in [2.45, 2.75) is 12.2 Å². The molecule has 0 aliphatic heterocycles. The molecule has 0 aliphatic carbocycles. The summed E-state index contributed by atoms with van der Waals surface area (Å²) in [5, 5.41) is 27.1. The Bertz CT molecular complexity index is 192. The largest absolute Gasteiger partial charge is 1.00 e. The third kappa shape index (κ3) is 10.1. The molecule has 0 radical (unpaired) electrons. The molecule has 0 aliphatic rings. The Morgan fingerprint density at radius 3 is 1.81 bits per heavy atom. The number of aliphatic hydroxyl groups is 2. The van der Waals surface area contributed by atoms with Gasteiger partial charge in [-0.05, 0) is 0 Å². The number of aliphatic hydroxyl groups excluding tert-OH is 2. The first-order valence-electron chi connectivity index (χ1n) is 4.41. The van der Waals surface area contributed by atoms with Crippen LogP contribution in [0.5, 0.6) is 0 Å². The van der Waals surface area contributed by atoms with Crippen molar-refractivity contribution >= 4 is 29.2 Å². The topological polar surface area (TPSA) is 81.0 Å². The fourth-order valence-electron chi connectivity index (χ4n) is 1.09. The van der Waals surface area contributed by atoms with Gasteiger partial charge in [0, 0.05) is 24.8 Å². The Morgan fingerprint density at radius 2 is 1.56 bits per heavy atom. The SMILES string of the molecule is O=C(O)CN(CC(O)CCl)CC(O)CCl.[H-].[Na+]. The van der Waals surface area contributed by atoms with Crippen LogP contribution in [0.1, 0.15) is 1.43 Å². The third-order valence-corrected chi connectivity index (χ3v) is 2.37. The van der Waals surface area contributed by atoms with Crippen molar-refractivity contribution in [3.05, 3.63) is 0 Å². The normalized spacial score (nSPS) is 14.3. The second-order valence-corrected chi connectivity index (χ2v) is 3.82. The molecule has 3 N–H and O–H groups in total. The van der Waals surface area contributed by atoms with E-state index in [4.69, 9.17) is 28.3 Å². The molecule has 0 aromatic rings. The molecular formula is C8H16Cl2NNaO4. The Morgan fingerprint density at radius 1 is 1.19 bits per heavy atom. The van der Waals surface area contributed by atoms with Crippen LogP contribution in [-0.2, 0) is 4.79 Å². The van der Waals surface area contributed by atoms with Crippen molar-refractivity contribution in [1.29, 1.82) is 0 Å². The number of nitrogens with zero attached hydrogens (tertiary/aromatic N) is 1. The summed E-state index contributed by atoms with van der Waals surface area (Å²) in [6.07, 6.45) is -1.62.